The molecule has 1 saturated carbocycles. The summed E-state index contributed by atoms with van der Waals surface area (Å²) in [6.07, 6.45) is 9.16. The molecule has 2 fully saturated rings. The molecule has 24 heavy (non-hydrogen) atoms. The Labute approximate surface area is 141 Å². The van der Waals surface area contributed by atoms with E-state index in [1.807, 2.05) is 6.20 Å². The van der Waals surface area contributed by atoms with Gasteiger partial charge in [-0.15, -0.1) is 0 Å². The maximum atomic E-state index is 12.4. The highest BCUT2D eigenvalue weighted by atomic mass is 16.5. The summed E-state index contributed by atoms with van der Waals surface area (Å²) in [5, 5.41) is 1.10. The molecule has 0 aromatic carbocycles. The molecule has 2 aromatic rings. The largest absolute Gasteiger partial charge is 0.469 e. The van der Waals surface area contributed by atoms with Crippen molar-refractivity contribution in [3.05, 3.63) is 18.1 Å². The van der Waals surface area contributed by atoms with E-state index in [2.05, 4.69) is 26.8 Å². The second kappa shape index (κ2) is 5.76. The van der Waals surface area contributed by atoms with E-state index < -0.39 is 0 Å². The lowest BCUT2D eigenvalue weighted by Gasteiger charge is -2.28. The van der Waals surface area contributed by atoms with Crippen molar-refractivity contribution in [1.29, 1.82) is 0 Å². The van der Waals surface area contributed by atoms with Crippen molar-refractivity contribution in [3.63, 3.8) is 0 Å². The number of methoxy groups -OCH3 is 1. The first-order chi connectivity index (χ1) is 11.7. The average molecular weight is 328 g/mol. The number of rotatable bonds is 3. The molecule has 1 unspecified atom stereocenters. The van der Waals surface area contributed by atoms with Gasteiger partial charge in [0.25, 0.3) is 0 Å². The summed E-state index contributed by atoms with van der Waals surface area (Å²) < 4.78 is 5.12. The van der Waals surface area contributed by atoms with Gasteiger partial charge >= 0.3 is 5.97 Å². The molecule has 1 spiro atoms. The zero-order chi connectivity index (χ0) is 16.7. The highest BCUT2D eigenvalue weighted by molar-refractivity contribution is 5.91. The fourth-order valence-electron chi connectivity index (χ4n) is 4.71. The Bertz CT molecular complexity index is 763. The molecular formula is C18H24N4O2. The first-order valence-corrected chi connectivity index (χ1v) is 8.82. The number of esters is 1. The number of fused-ring (bicyclic) bond motifs is 1. The van der Waals surface area contributed by atoms with Crippen LogP contribution in [0, 0.1) is 11.3 Å². The fraction of sp³-hybridized carbons (Fsp3) is 0.611. The lowest BCUT2D eigenvalue weighted by atomic mass is 9.76. The molecule has 4 rings (SSSR count). The number of aryl methyl sites for hydroxylation is 1. The second-order valence-corrected chi connectivity index (χ2v) is 7.11. The van der Waals surface area contributed by atoms with Crippen LogP contribution in [-0.4, -0.2) is 41.1 Å². The molecule has 1 atom stereocenters. The Kier molecular flexibility index (Phi) is 3.70. The van der Waals surface area contributed by atoms with Gasteiger partial charge < -0.3 is 14.6 Å². The third kappa shape index (κ3) is 2.19. The Morgan fingerprint density at radius 3 is 2.92 bits per heavy atom. The number of hydrogen-bond donors (Lipinski definition) is 1. The molecule has 2 aromatic heterocycles. The molecule has 1 aliphatic carbocycles. The summed E-state index contributed by atoms with van der Waals surface area (Å²) in [5.74, 6) is 0.823. The fourth-order valence-corrected chi connectivity index (χ4v) is 4.71. The first kappa shape index (κ1) is 15.4. The summed E-state index contributed by atoms with van der Waals surface area (Å²) in [7, 11) is 1.50. The molecule has 6 nitrogen and oxygen atoms in total. The van der Waals surface area contributed by atoms with E-state index in [1.165, 1.54) is 25.5 Å². The number of nitrogens with zero attached hydrogens (tertiary/aromatic N) is 3. The quantitative estimate of drug-likeness (QED) is 0.877. The molecule has 0 bridgehead atoms. The maximum Gasteiger partial charge on any atom is 0.311 e. The number of nitrogens with one attached hydrogen (secondary N) is 1. The van der Waals surface area contributed by atoms with E-state index in [9.17, 15) is 4.79 Å². The number of aromatic amines is 1. The van der Waals surface area contributed by atoms with Gasteiger partial charge in [-0.05, 0) is 24.8 Å². The number of ether oxygens (including phenoxy) is 1. The molecule has 2 aliphatic rings. The summed E-state index contributed by atoms with van der Waals surface area (Å²) in [6, 6.07) is 0. The Balaban J connectivity index is 1.76. The third-order valence-corrected chi connectivity index (χ3v) is 5.94. The van der Waals surface area contributed by atoms with Gasteiger partial charge in [0.1, 0.15) is 17.8 Å². The second-order valence-electron chi connectivity index (χ2n) is 7.11. The van der Waals surface area contributed by atoms with Crippen LogP contribution < -0.4 is 4.90 Å². The first-order valence-electron chi connectivity index (χ1n) is 8.82. The zero-order valence-electron chi connectivity index (χ0n) is 14.3. The minimum Gasteiger partial charge on any atom is -0.469 e. The minimum absolute atomic E-state index is 0.0487. The molecule has 128 valence electrons. The molecule has 0 radical (unpaired) electrons. The van der Waals surface area contributed by atoms with Gasteiger partial charge in [-0.3, -0.25) is 4.79 Å². The zero-order valence-corrected chi connectivity index (χ0v) is 14.3. The SMILES string of the molecule is CCc1c[nH]c2ncnc(N3CC(C(=O)OC)C4(CCCC4)C3)c12. The Hall–Kier alpha value is -2.11. The standard InChI is InChI=1S/C18H24N4O2/c1-3-12-8-19-15-14(12)16(21-11-20-15)22-9-13(17(23)24-2)18(10-22)6-4-5-7-18/h8,11,13H,3-7,9-10H2,1-2H3,(H,19,20,21). The molecule has 6 heteroatoms. The van der Waals surface area contributed by atoms with E-state index in [1.54, 1.807) is 6.33 Å². The van der Waals surface area contributed by atoms with E-state index in [4.69, 9.17) is 4.74 Å². The van der Waals surface area contributed by atoms with Crippen molar-refractivity contribution < 1.29 is 9.53 Å². The topological polar surface area (TPSA) is 71.1 Å². The molecule has 3 heterocycles. The highest BCUT2D eigenvalue weighted by Crippen LogP contribution is 2.50. The average Bonchev–Trinajstić information content (AvgIpc) is 3.33. The van der Waals surface area contributed by atoms with Crippen molar-refractivity contribution >= 4 is 22.8 Å². The molecular weight excluding hydrogens is 304 g/mol. The van der Waals surface area contributed by atoms with Crippen LogP contribution in [0.15, 0.2) is 12.5 Å². The Morgan fingerprint density at radius 1 is 1.42 bits per heavy atom. The normalized spacial score (nSPS) is 22.6. The van der Waals surface area contributed by atoms with E-state index in [0.717, 1.165) is 42.7 Å². The summed E-state index contributed by atoms with van der Waals surface area (Å²) in [4.78, 5) is 26.9. The van der Waals surface area contributed by atoms with E-state index in [-0.39, 0.29) is 17.3 Å². The van der Waals surface area contributed by atoms with Gasteiger partial charge in [0.15, 0.2) is 0 Å². The van der Waals surface area contributed by atoms with E-state index in [0.29, 0.717) is 6.54 Å². The van der Waals surface area contributed by atoms with Gasteiger partial charge in [-0.1, -0.05) is 19.8 Å². The lowest BCUT2D eigenvalue weighted by molar-refractivity contribution is -0.148. The molecule has 0 amide bonds. The number of carbonyl (C=O) groups excluding carboxylic acids is 1. The maximum absolute atomic E-state index is 12.4. The number of aromatic nitrogens is 3. The highest BCUT2D eigenvalue weighted by Gasteiger charge is 2.52. The van der Waals surface area contributed by atoms with E-state index >= 15 is 0 Å². The van der Waals surface area contributed by atoms with Gasteiger partial charge in [0.2, 0.25) is 0 Å². The minimum atomic E-state index is -0.0746. The number of H-pyrrole nitrogens is 1. The summed E-state index contributed by atoms with van der Waals surface area (Å²) in [5.41, 5.74) is 2.15. The van der Waals surface area contributed by atoms with Crippen LogP contribution in [0.25, 0.3) is 11.0 Å². The van der Waals surface area contributed by atoms with Crippen molar-refractivity contribution in [2.45, 2.75) is 39.0 Å². The molecule has 1 N–H and O–H groups in total. The van der Waals surface area contributed by atoms with Gasteiger partial charge in [-0.2, -0.15) is 0 Å². The van der Waals surface area contributed by atoms with Crippen molar-refractivity contribution in [1.82, 2.24) is 15.0 Å². The van der Waals surface area contributed by atoms with Crippen molar-refractivity contribution in [2.24, 2.45) is 11.3 Å². The number of anilines is 1. The van der Waals surface area contributed by atoms with Crippen LogP contribution in [0.1, 0.15) is 38.2 Å². The number of carbonyl (C=O) groups is 1. The van der Waals surface area contributed by atoms with Crippen LogP contribution in [0.5, 0.6) is 0 Å². The molecule has 1 aliphatic heterocycles. The predicted octanol–water partition coefficient (Wildman–Crippen LogP) is 2.69. The van der Waals surface area contributed by atoms with Crippen LogP contribution in [0.3, 0.4) is 0 Å². The summed E-state index contributed by atoms with van der Waals surface area (Å²) >= 11 is 0. The van der Waals surface area contributed by atoms with Crippen molar-refractivity contribution in [2.75, 3.05) is 25.1 Å². The predicted molar refractivity (Wildman–Crippen MR) is 91.9 cm³/mol. The van der Waals surface area contributed by atoms with Crippen LogP contribution >= 0.6 is 0 Å². The van der Waals surface area contributed by atoms with Crippen molar-refractivity contribution in [3.8, 4) is 0 Å². The van der Waals surface area contributed by atoms with Gasteiger partial charge in [-0.25, -0.2) is 9.97 Å². The van der Waals surface area contributed by atoms with Gasteiger partial charge in [0.05, 0.1) is 18.4 Å². The smallest absolute Gasteiger partial charge is 0.311 e. The third-order valence-electron chi connectivity index (χ3n) is 5.94. The molecule has 1 saturated heterocycles. The number of hydrogen-bond acceptors (Lipinski definition) is 5. The van der Waals surface area contributed by atoms with Crippen LogP contribution in [0.4, 0.5) is 5.82 Å². The van der Waals surface area contributed by atoms with Gasteiger partial charge in [0, 0.05) is 24.7 Å². The van der Waals surface area contributed by atoms with Crippen LogP contribution in [0.2, 0.25) is 0 Å². The Morgan fingerprint density at radius 2 is 2.21 bits per heavy atom. The summed E-state index contributed by atoms with van der Waals surface area (Å²) in [6.45, 7) is 3.71. The monoisotopic (exact) mass is 328 g/mol. The lowest BCUT2D eigenvalue weighted by Crippen LogP contribution is -2.33. The van der Waals surface area contributed by atoms with Crippen LogP contribution in [-0.2, 0) is 16.0 Å².